The van der Waals surface area contributed by atoms with Crippen molar-refractivity contribution in [1.82, 2.24) is 4.57 Å². The van der Waals surface area contributed by atoms with Crippen molar-refractivity contribution in [3.05, 3.63) is 34.4 Å². The maximum atomic E-state index is 9.70. The number of nitrogens with zero attached hydrogens (tertiary/aromatic N) is 1. The van der Waals surface area contributed by atoms with Crippen molar-refractivity contribution in [2.75, 3.05) is 6.61 Å². The van der Waals surface area contributed by atoms with E-state index in [0.29, 0.717) is 6.54 Å². The maximum absolute atomic E-state index is 9.70. The van der Waals surface area contributed by atoms with Gasteiger partial charge in [0.15, 0.2) is 0 Å². The minimum Gasteiger partial charge on any atom is -0.395 e. The maximum Gasteiger partial charge on any atom is 0.0782 e. The number of fused-ring (bicyclic) bond motifs is 1. The topological polar surface area (TPSA) is 45.4 Å². The fourth-order valence-corrected chi connectivity index (χ4v) is 2.28. The van der Waals surface area contributed by atoms with E-state index < -0.39 is 6.10 Å². The second-order valence-corrected chi connectivity index (χ2v) is 4.75. The number of aliphatic hydroxyl groups excluding tert-OH is 2. The molecule has 0 amide bonds. The third-order valence-corrected chi connectivity index (χ3v) is 3.16. The predicted molar refractivity (Wildman–Crippen MR) is 67.4 cm³/mol. The molecule has 0 radical (unpaired) electrons. The molecule has 16 heavy (non-hydrogen) atoms. The number of hydrogen-bond donors (Lipinski definition) is 2. The Balaban J connectivity index is 2.66. The Morgan fingerprint density at radius 3 is 2.81 bits per heavy atom. The van der Waals surface area contributed by atoms with Gasteiger partial charge >= 0.3 is 0 Å². The molecule has 1 unspecified atom stereocenters. The van der Waals surface area contributed by atoms with Gasteiger partial charge in [-0.1, -0.05) is 15.9 Å². The van der Waals surface area contributed by atoms with E-state index in [-0.39, 0.29) is 6.61 Å². The predicted octanol–water partition coefficient (Wildman–Crippen LogP) is 2.45. The van der Waals surface area contributed by atoms with Gasteiger partial charge < -0.3 is 14.8 Å². The standard InChI is InChI=1S/C12H14BrNO2/c1-8(16)11-7-14(4-5-15)12-3-2-9(13)6-10(11)12/h2-3,6-8,15-16H,4-5H2,1H3. The molecule has 4 heteroatoms. The summed E-state index contributed by atoms with van der Waals surface area (Å²) in [4.78, 5) is 0. The van der Waals surface area contributed by atoms with E-state index in [1.165, 1.54) is 0 Å². The molecule has 0 bridgehead atoms. The Hall–Kier alpha value is -0.840. The second kappa shape index (κ2) is 4.57. The molecule has 86 valence electrons. The van der Waals surface area contributed by atoms with Crippen molar-refractivity contribution in [2.45, 2.75) is 19.6 Å². The summed E-state index contributed by atoms with van der Waals surface area (Å²) < 4.78 is 2.95. The molecular formula is C12H14BrNO2. The highest BCUT2D eigenvalue weighted by Crippen LogP contribution is 2.28. The molecule has 0 aliphatic carbocycles. The molecule has 2 rings (SSSR count). The van der Waals surface area contributed by atoms with Gasteiger partial charge in [0.1, 0.15) is 0 Å². The van der Waals surface area contributed by atoms with Crippen LogP contribution in [-0.2, 0) is 6.54 Å². The number of rotatable bonds is 3. The van der Waals surface area contributed by atoms with Gasteiger partial charge in [-0.3, -0.25) is 0 Å². The van der Waals surface area contributed by atoms with Gasteiger partial charge in [0.25, 0.3) is 0 Å². The first-order valence-electron chi connectivity index (χ1n) is 5.20. The van der Waals surface area contributed by atoms with Crippen molar-refractivity contribution in [1.29, 1.82) is 0 Å². The molecule has 2 N–H and O–H groups in total. The van der Waals surface area contributed by atoms with Gasteiger partial charge in [0.05, 0.1) is 12.7 Å². The van der Waals surface area contributed by atoms with Gasteiger partial charge in [-0.25, -0.2) is 0 Å². The van der Waals surface area contributed by atoms with E-state index in [0.717, 1.165) is 20.9 Å². The van der Waals surface area contributed by atoms with Crippen LogP contribution in [0.4, 0.5) is 0 Å². The third kappa shape index (κ3) is 2.00. The van der Waals surface area contributed by atoms with Crippen molar-refractivity contribution >= 4 is 26.8 Å². The Morgan fingerprint density at radius 2 is 2.19 bits per heavy atom. The average Bonchev–Trinajstić information content (AvgIpc) is 2.57. The lowest BCUT2D eigenvalue weighted by molar-refractivity contribution is 0.200. The van der Waals surface area contributed by atoms with Crippen LogP contribution >= 0.6 is 15.9 Å². The van der Waals surface area contributed by atoms with Crippen LogP contribution in [0.15, 0.2) is 28.9 Å². The lowest BCUT2D eigenvalue weighted by atomic mass is 10.1. The molecule has 0 aliphatic rings. The normalized spacial score (nSPS) is 13.2. The quantitative estimate of drug-likeness (QED) is 0.909. The monoisotopic (exact) mass is 283 g/mol. The minimum absolute atomic E-state index is 0.0963. The van der Waals surface area contributed by atoms with Crippen LogP contribution in [0, 0.1) is 0 Å². The summed E-state index contributed by atoms with van der Waals surface area (Å²) in [5, 5.41) is 19.7. The molecule has 3 nitrogen and oxygen atoms in total. The largest absolute Gasteiger partial charge is 0.395 e. The number of benzene rings is 1. The van der Waals surface area contributed by atoms with Crippen LogP contribution in [0.3, 0.4) is 0 Å². The molecule has 0 saturated heterocycles. The lowest BCUT2D eigenvalue weighted by Crippen LogP contribution is -1.99. The molecule has 0 saturated carbocycles. The number of hydrogen-bond acceptors (Lipinski definition) is 2. The van der Waals surface area contributed by atoms with Gasteiger partial charge in [0.2, 0.25) is 0 Å². The summed E-state index contributed by atoms with van der Waals surface area (Å²) in [5.74, 6) is 0. The van der Waals surface area contributed by atoms with E-state index in [4.69, 9.17) is 5.11 Å². The van der Waals surface area contributed by atoms with Crippen molar-refractivity contribution in [3.63, 3.8) is 0 Å². The fourth-order valence-electron chi connectivity index (χ4n) is 1.92. The first kappa shape index (κ1) is 11.6. The molecule has 0 spiro atoms. The summed E-state index contributed by atoms with van der Waals surface area (Å²) in [5.41, 5.74) is 1.93. The highest BCUT2D eigenvalue weighted by atomic mass is 79.9. The van der Waals surface area contributed by atoms with Crippen LogP contribution in [0.1, 0.15) is 18.6 Å². The number of aliphatic hydroxyl groups is 2. The zero-order valence-electron chi connectivity index (χ0n) is 9.02. The molecule has 0 aliphatic heterocycles. The summed E-state index contributed by atoms with van der Waals surface area (Å²) >= 11 is 3.42. The first-order valence-corrected chi connectivity index (χ1v) is 6.00. The Bertz CT molecular complexity index is 505. The van der Waals surface area contributed by atoms with Crippen LogP contribution in [0.25, 0.3) is 10.9 Å². The summed E-state index contributed by atoms with van der Waals surface area (Å²) in [6, 6.07) is 5.94. The summed E-state index contributed by atoms with van der Waals surface area (Å²) in [6.07, 6.45) is 1.40. The highest BCUT2D eigenvalue weighted by molar-refractivity contribution is 9.10. The first-order chi connectivity index (χ1) is 7.63. The smallest absolute Gasteiger partial charge is 0.0782 e. The Kier molecular flexibility index (Phi) is 3.33. The lowest BCUT2D eigenvalue weighted by Gasteiger charge is -2.01. The third-order valence-electron chi connectivity index (χ3n) is 2.66. The molecule has 1 heterocycles. The molecule has 1 atom stereocenters. The van der Waals surface area contributed by atoms with Crippen molar-refractivity contribution in [3.8, 4) is 0 Å². The molecule has 1 aromatic carbocycles. The van der Waals surface area contributed by atoms with Crippen molar-refractivity contribution in [2.24, 2.45) is 0 Å². The second-order valence-electron chi connectivity index (χ2n) is 3.84. The molecule has 2 aromatic rings. The zero-order valence-corrected chi connectivity index (χ0v) is 10.6. The van der Waals surface area contributed by atoms with Gasteiger partial charge in [-0.2, -0.15) is 0 Å². The highest BCUT2D eigenvalue weighted by Gasteiger charge is 2.12. The van der Waals surface area contributed by atoms with Crippen molar-refractivity contribution < 1.29 is 10.2 Å². The van der Waals surface area contributed by atoms with Gasteiger partial charge in [-0.05, 0) is 25.1 Å². The van der Waals surface area contributed by atoms with Gasteiger partial charge in [0, 0.05) is 33.7 Å². The number of halogens is 1. The molecule has 0 fully saturated rings. The molecular weight excluding hydrogens is 270 g/mol. The van der Waals surface area contributed by atoms with E-state index in [9.17, 15) is 5.11 Å². The molecule has 1 aromatic heterocycles. The SMILES string of the molecule is CC(O)c1cn(CCO)c2ccc(Br)cc12. The van der Waals surface area contributed by atoms with Crippen LogP contribution in [0.2, 0.25) is 0 Å². The zero-order chi connectivity index (χ0) is 11.7. The average molecular weight is 284 g/mol. The summed E-state index contributed by atoms with van der Waals surface area (Å²) in [6.45, 7) is 2.39. The van der Waals surface area contributed by atoms with Crippen LogP contribution in [0.5, 0.6) is 0 Å². The number of aromatic nitrogens is 1. The fraction of sp³-hybridized carbons (Fsp3) is 0.333. The summed E-state index contributed by atoms with van der Waals surface area (Å²) in [7, 11) is 0. The van der Waals surface area contributed by atoms with E-state index in [1.807, 2.05) is 29.0 Å². The van der Waals surface area contributed by atoms with Gasteiger partial charge in [-0.15, -0.1) is 0 Å². The Labute approximate surface area is 102 Å². The minimum atomic E-state index is -0.503. The Morgan fingerprint density at radius 1 is 1.44 bits per heavy atom. The van der Waals surface area contributed by atoms with E-state index in [1.54, 1.807) is 6.92 Å². The van der Waals surface area contributed by atoms with E-state index in [2.05, 4.69) is 15.9 Å². The van der Waals surface area contributed by atoms with Crippen LogP contribution in [-0.4, -0.2) is 21.4 Å². The van der Waals surface area contributed by atoms with E-state index >= 15 is 0 Å². The van der Waals surface area contributed by atoms with Crippen LogP contribution < -0.4 is 0 Å².